The maximum Gasteiger partial charge on any atom is 0.124 e. The second-order valence-corrected chi connectivity index (χ2v) is 5.67. The standard InChI is InChI=1S/C19H20FN3O2/c1-25-18-5-3-2-4-16(18)17(24)12-21-10-14-11-22-23-19(14)13-6-8-15(20)9-7-13/h2-9,11,17,21,24H,10,12H2,1H3,(H,22,23). The molecule has 0 fully saturated rings. The van der Waals surface area contributed by atoms with E-state index in [1.807, 2.05) is 24.3 Å². The molecular weight excluding hydrogens is 321 g/mol. The Bertz CT molecular complexity index is 818. The van der Waals surface area contributed by atoms with Crippen LogP contribution in [0.15, 0.2) is 54.7 Å². The molecule has 0 spiro atoms. The minimum absolute atomic E-state index is 0.275. The van der Waals surface area contributed by atoms with E-state index in [9.17, 15) is 9.50 Å². The molecule has 1 aromatic heterocycles. The molecule has 3 N–H and O–H groups in total. The van der Waals surface area contributed by atoms with Crippen LogP contribution < -0.4 is 10.1 Å². The number of nitrogens with zero attached hydrogens (tertiary/aromatic N) is 1. The second kappa shape index (κ2) is 7.92. The lowest BCUT2D eigenvalue weighted by Gasteiger charge is -2.15. The van der Waals surface area contributed by atoms with Gasteiger partial charge in [0, 0.05) is 29.8 Å². The molecule has 25 heavy (non-hydrogen) atoms. The van der Waals surface area contributed by atoms with E-state index in [-0.39, 0.29) is 5.82 Å². The molecule has 1 atom stereocenters. The van der Waals surface area contributed by atoms with Gasteiger partial charge in [0.25, 0.3) is 0 Å². The van der Waals surface area contributed by atoms with Crippen LogP contribution >= 0.6 is 0 Å². The third-order valence-corrected chi connectivity index (χ3v) is 4.00. The number of benzene rings is 2. The molecule has 0 radical (unpaired) electrons. The number of rotatable bonds is 7. The monoisotopic (exact) mass is 341 g/mol. The summed E-state index contributed by atoms with van der Waals surface area (Å²) in [7, 11) is 1.58. The molecule has 3 rings (SSSR count). The third kappa shape index (κ3) is 4.04. The average molecular weight is 341 g/mol. The SMILES string of the molecule is COc1ccccc1C(O)CNCc1cn[nH]c1-c1ccc(F)cc1. The Labute approximate surface area is 145 Å². The Morgan fingerprint density at radius 2 is 1.96 bits per heavy atom. The molecular formula is C19H20FN3O2. The van der Waals surface area contributed by atoms with E-state index in [4.69, 9.17) is 4.74 Å². The van der Waals surface area contributed by atoms with E-state index in [1.54, 1.807) is 25.4 Å². The molecule has 2 aromatic carbocycles. The fourth-order valence-electron chi connectivity index (χ4n) is 2.71. The lowest BCUT2D eigenvalue weighted by molar-refractivity contribution is 0.170. The molecule has 0 amide bonds. The van der Waals surface area contributed by atoms with Gasteiger partial charge in [-0.2, -0.15) is 5.10 Å². The number of ether oxygens (including phenoxy) is 1. The average Bonchev–Trinajstić information content (AvgIpc) is 3.10. The molecule has 1 unspecified atom stereocenters. The van der Waals surface area contributed by atoms with Gasteiger partial charge in [-0.15, -0.1) is 0 Å². The van der Waals surface area contributed by atoms with Crippen LogP contribution in [0, 0.1) is 5.82 Å². The third-order valence-electron chi connectivity index (χ3n) is 4.00. The van der Waals surface area contributed by atoms with E-state index < -0.39 is 6.10 Å². The van der Waals surface area contributed by atoms with Gasteiger partial charge in [0.15, 0.2) is 0 Å². The highest BCUT2D eigenvalue weighted by molar-refractivity contribution is 5.62. The summed E-state index contributed by atoms with van der Waals surface area (Å²) in [4.78, 5) is 0. The summed E-state index contributed by atoms with van der Waals surface area (Å²) in [5.41, 5.74) is 3.38. The Morgan fingerprint density at radius 1 is 1.20 bits per heavy atom. The minimum atomic E-state index is -0.683. The van der Waals surface area contributed by atoms with Crippen LogP contribution in [0.3, 0.4) is 0 Å². The largest absolute Gasteiger partial charge is 0.496 e. The minimum Gasteiger partial charge on any atom is -0.496 e. The summed E-state index contributed by atoms with van der Waals surface area (Å²) < 4.78 is 18.3. The number of hydrogen-bond acceptors (Lipinski definition) is 4. The molecule has 5 nitrogen and oxygen atoms in total. The molecule has 6 heteroatoms. The van der Waals surface area contributed by atoms with Crippen molar-refractivity contribution in [1.82, 2.24) is 15.5 Å². The number of hydrogen-bond donors (Lipinski definition) is 3. The number of aromatic amines is 1. The summed E-state index contributed by atoms with van der Waals surface area (Å²) in [6, 6.07) is 13.6. The molecule has 3 aromatic rings. The maximum atomic E-state index is 13.1. The molecule has 0 saturated carbocycles. The molecule has 0 bridgehead atoms. The van der Waals surface area contributed by atoms with Crippen molar-refractivity contribution in [3.63, 3.8) is 0 Å². The van der Waals surface area contributed by atoms with Crippen molar-refractivity contribution >= 4 is 0 Å². The number of aliphatic hydroxyl groups excluding tert-OH is 1. The lowest BCUT2D eigenvalue weighted by Crippen LogP contribution is -2.21. The van der Waals surface area contributed by atoms with Crippen LogP contribution in [0.25, 0.3) is 11.3 Å². The van der Waals surface area contributed by atoms with Crippen LogP contribution in [0.5, 0.6) is 5.75 Å². The predicted octanol–water partition coefficient (Wildman–Crippen LogP) is 3.05. The normalized spacial score (nSPS) is 12.1. The summed E-state index contributed by atoms with van der Waals surface area (Å²) >= 11 is 0. The van der Waals surface area contributed by atoms with Gasteiger partial charge in [0.2, 0.25) is 0 Å². The summed E-state index contributed by atoms with van der Waals surface area (Å²) in [5, 5.41) is 20.6. The number of halogens is 1. The maximum absolute atomic E-state index is 13.1. The number of aromatic nitrogens is 2. The van der Waals surface area contributed by atoms with Crippen LogP contribution in [-0.2, 0) is 6.54 Å². The molecule has 130 valence electrons. The fourth-order valence-corrected chi connectivity index (χ4v) is 2.71. The van der Waals surface area contributed by atoms with E-state index in [1.165, 1.54) is 12.1 Å². The van der Waals surface area contributed by atoms with Crippen molar-refractivity contribution in [2.24, 2.45) is 0 Å². The first-order valence-electron chi connectivity index (χ1n) is 7.99. The summed E-state index contributed by atoms with van der Waals surface area (Å²) in [6.45, 7) is 0.893. The molecule has 0 aliphatic carbocycles. The zero-order valence-corrected chi connectivity index (χ0v) is 13.9. The van der Waals surface area contributed by atoms with Crippen LogP contribution in [0.1, 0.15) is 17.2 Å². The Kier molecular flexibility index (Phi) is 5.42. The number of nitrogens with one attached hydrogen (secondary N) is 2. The fraction of sp³-hybridized carbons (Fsp3) is 0.211. The van der Waals surface area contributed by atoms with E-state index in [0.29, 0.717) is 18.8 Å². The molecule has 0 aliphatic rings. The Morgan fingerprint density at radius 3 is 2.72 bits per heavy atom. The van der Waals surface area contributed by atoms with Crippen LogP contribution in [0.4, 0.5) is 4.39 Å². The van der Waals surface area contributed by atoms with Crippen molar-refractivity contribution in [3.8, 4) is 17.0 Å². The van der Waals surface area contributed by atoms with Crippen LogP contribution in [0.2, 0.25) is 0 Å². The first-order valence-corrected chi connectivity index (χ1v) is 7.99. The zero-order valence-electron chi connectivity index (χ0n) is 13.9. The van der Waals surface area contributed by atoms with E-state index in [0.717, 1.165) is 22.4 Å². The molecule has 0 saturated heterocycles. The van der Waals surface area contributed by atoms with Gasteiger partial charge >= 0.3 is 0 Å². The highest BCUT2D eigenvalue weighted by atomic mass is 19.1. The predicted molar refractivity (Wildman–Crippen MR) is 93.6 cm³/mol. The van der Waals surface area contributed by atoms with E-state index >= 15 is 0 Å². The highest BCUT2D eigenvalue weighted by Gasteiger charge is 2.13. The van der Waals surface area contributed by atoms with Crippen molar-refractivity contribution in [2.75, 3.05) is 13.7 Å². The zero-order chi connectivity index (χ0) is 17.6. The van der Waals surface area contributed by atoms with E-state index in [2.05, 4.69) is 15.5 Å². The summed E-state index contributed by atoms with van der Waals surface area (Å²) in [6.07, 6.45) is 1.04. The van der Waals surface area contributed by atoms with Gasteiger partial charge in [0.1, 0.15) is 11.6 Å². The van der Waals surface area contributed by atoms with Crippen molar-refractivity contribution in [3.05, 3.63) is 71.7 Å². The number of para-hydroxylation sites is 1. The molecule has 0 aliphatic heterocycles. The van der Waals surface area contributed by atoms with Crippen molar-refractivity contribution in [2.45, 2.75) is 12.6 Å². The quantitative estimate of drug-likeness (QED) is 0.618. The first-order chi connectivity index (χ1) is 12.2. The second-order valence-electron chi connectivity index (χ2n) is 5.67. The first kappa shape index (κ1) is 17.1. The lowest BCUT2D eigenvalue weighted by atomic mass is 10.1. The van der Waals surface area contributed by atoms with Gasteiger partial charge in [-0.3, -0.25) is 5.10 Å². The number of aliphatic hydroxyl groups is 1. The van der Waals surface area contributed by atoms with Crippen LogP contribution in [-0.4, -0.2) is 29.0 Å². The van der Waals surface area contributed by atoms with Gasteiger partial charge in [-0.05, 0) is 30.3 Å². The van der Waals surface area contributed by atoms with Gasteiger partial charge in [0.05, 0.1) is 25.1 Å². The summed E-state index contributed by atoms with van der Waals surface area (Å²) in [5.74, 6) is 0.384. The topological polar surface area (TPSA) is 70.2 Å². The Hall–Kier alpha value is -2.70. The number of methoxy groups -OCH3 is 1. The van der Waals surface area contributed by atoms with Gasteiger partial charge in [-0.1, -0.05) is 18.2 Å². The molecule has 1 heterocycles. The number of H-pyrrole nitrogens is 1. The Balaban J connectivity index is 1.63. The van der Waals surface area contributed by atoms with Gasteiger partial charge < -0.3 is 15.2 Å². The van der Waals surface area contributed by atoms with Gasteiger partial charge in [-0.25, -0.2) is 4.39 Å². The highest BCUT2D eigenvalue weighted by Crippen LogP contribution is 2.25. The van der Waals surface area contributed by atoms with Crippen molar-refractivity contribution < 1.29 is 14.2 Å². The van der Waals surface area contributed by atoms with Crippen molar-refractivity contribution in [1.29, 1.82) is 0 Å². The smallest absolute Gasteiger partial charge is 0.124 e.